The summed E-state index contributed by atoms with van der Waals surface area (Å²) in [6.07, 6.45) is 6.55. The Balaban J connectivity index is 1.40. The van der Waals surface area contributed by atoms with E-state index >= 15 is 0 Å². The van der Waals surface area contributed by atoms with Crippen LogP contribution in [0.15, 0.2) is 46.6 Å². The predicted molar refractivity (Wildman–Crippen MR) is 110 cm³/mol. The number of pyridine rings is 1. The Morgan fingerprint density at radius 3 is 2.80 bits per heavy atom. The number of nitrogens with zero attached hydrogens (tertiary/aromatic N) is 4. The normalized spacial score (nSPS) is 21.4. The van der Waals surface area contributed by atoms with E-state index in [0.717, 1.165) is 5.39 Å². The van der Waals surface area contributed by atoms with Crippen molar-refractivity contribution in [2.24, 2.45) is 10.2 Å². The van der Waals surface area contributed by atoms with Crippen molar-refractivity contribution < 1.29 is 14.7 Å². The van der Waals surface area contributed by atoms with Crippen molar-refractivity contribution in [3.05, 3.63) is 42.1 Å². The van der Waals surface area contributed by atoms with Gasteiger partial charge in [-0.05, 0) is 12.1 Å². The minimum Gasteiger partial charge on any atom is -0.391 e. The number of fused-ring (bicyclic) bond motifs is 1. The molecule has 154 valence electrons. The lowest BCUT2D eigenvalue weighted by Crippen LogP contribution is -2.46. The average molecular weight is 405 g/mol. The van der Waals surface area contributed by atoms with E-state index in [-0.39, 0.29) is 30.5 Å². The molecule has 2 amide bonds. The summed E-state index contributed by atoms with van der Waals surface area (Å²) in [4.78, 5) is 31.6. The number of amides is 2. The molecule has 1 aromatic carbocycles. The zero-order valence-electron chi connectivity index (χ0n) is 16.5. The van der Waals surface area contributed by atoms with Crippen molar-refractivity contribution in [1.82, 2.24) is 15.2 Å². The molecule has 1 saturated heterocycles. The first kappa shape index (κ1) is 20.0. The van der Waals surface area contributed by atoms with Crippen molar-refractivity contribution in [2.75, 3.05) is 13.1 Å². The lowest BCUT2D eigenvalue weighted by molar-refractivity contribution is -0.124. The van der Waals surface area contributed by atoms with Crippen LogP contribution in [0.4, 0.5) is 0 Å². The molecule has 1 fully saturated rings. The van der Waals surface area contributed by atoms with Gasteiger partial charge in [0.25, 0.3) is 5.91 Å². The summed E-state index contributed by atoms with van der Waals surface area (Å²) in [5, 5.41) is 22.0. The number of benzene rings is 1. The Labute approximate surface area is 174 Å². The zero-order valence-corrected chi connectivity index (χ0v) is 16.5. The molecular weight excluding hydrogens is 382 g/mol. The molecule has 0 spiro atoms. The Morgan fingerprint density at radius 1 is 1.23 bits per heavy atom. The van der Waals surface area contributed by atoms with Crippen LogP contribution in [-0.2, 0) is 4.79 Å². The summed E-state index contributed by atoms with van der Waals surface area (Å²) >= 11 is 0. The van der Waals surface area contributed by atoms with Gasteiger partial charge in [-0.15, -0.1) is 12.3 Å². The number of nitrogens with one attached hydrogen (secondary N) is 1. The molecule has 2 aliphatic heterocycles. The van der Waals surface area contributed by atoms with Gasteiger partial charge in [-0.25, -0.2) is 4.98 Å². The molecule has 2 aliphatic rings. The standard InChI is InChI=1S/C22H23N5O3/c1-2-3-10-22(25-26-22)11-12-23-20(29)19-13-16(28)14-27(19)21(30)18-9-8-15-6-4-5-7-17(15)24-18/h1,4-9,16,19,28H,3,10-14H2,(H,23,29). The van der Waals surface area contributed by atoms with Gasteiger partial charge in [0.2, 0.25) is 5.91 Å². The van der Waals surface area contributed by atoms with Crippen LogP contribution in [0.25, 0.3) is 10.9 Å². The van der Waals surface area contributed by atoms with Gasteiger partial charge in [-0.1, -0.05) is 24.3 Å². The van der Waals surface area contributed by atoms with Crippen LogP contribution in [0.5, 0.6) is 0 Å². The van der Waals surface area contributed by atoms with E-state index in [0.29, 0.717) is 31.3 Å². The molecule has 3 heterocycles. The molecule has 1 aromatic heterocycles. The first-order valence-electron chi connectivity index (χ1n) is 10.0. The highest BCUT2D eigenvalue weighted by molar-refractivity contribution is 5.98. The SMILES string of the molecule is C#CCCC1(CCNC(=O)C2CC(O)CN2C(=O)c2ccc3ccccc3n2)N=N1. The van der Waals surface area contributed by atoms with Crippen molar-refractivity contribution in [1.29, 1.82) is 0 Å². The molecule has 0 aliphatic carbocycles. The largest absolute Gasteiger partial charge is 0.391 e. The number of para-hydroxylation sites is 1. The van der Waals surface area contributed by atoms with E-state index in [4.69, 9.17) is 6.42 Å². The van der Waals surface area contributed by atoms with Gasteiger partial charge < -0.3 is 15.3 Å². The maximum Gasteiger partial charge on any atom is 0.273 e. The second-order valence-corrected chi connectivity index (χ2v) is 7.68. The van der Waals surface area contributed by atoms with E-state index in [1.807, 2.05) is 30.3 Å². The molecule has 0 saturated carbocycles. The number of carbonyl (C=O) groups excluding carboxylic acids is 2. The van der Waals surface area contributed by atoms with Gasteiger partial charge in [0.05, 0.1) is 11.6 Å². The summed E-state index contributed by atoms with van der Waals surface area (Å²) < 4.78 is 0. The Bertz CT molecular complexity index is 1040. The number of hydrogen-bond acceptors (Lipinski definition) is 6. The predicted octanol–water partition coefficient (Wildman–Crippen LogP) is 1.89. The highest BCUT2D eigenvalue weighted by atomic mass is 16.3. The summed E-state index contributed by atoms with van der Waals surface area (Å²) in [6, 6.07) is 10.2. The quantitative estimate of drug-likeness (QED) is 0.686. The molecule has 30 heavy (non-hydrogen) atoms. The molecule has 2 N–H and O–H groups in total. The number of terminal acetylenes is 1. The highest BCUT2D eigenvalue weighted by Crippen LogP contribution is 2.36. The third kappa shape index (κ3) is 4.16. The monoisotopic (exact) mass is 405 g/mol. The van der Waals surface area contributed by atoms with Gasteiger partial charge in [0.15, 0.2) is 5.66 Å². The topological polar surface area (TPSA) is 107 Å². The molecule has 2 atom stereocenters. The van der Waals surface area contributed by atoms with Crippen molar-refractivity contribution in [2.45, 2.75) is 43.5 Å². The van der Waals surface area contributed by atoms with E-state index in [9.17, 15) is 14.7 Å². The molecule has 2 unspecified atom stereocenters. The lowest BCUT2D eigenvalue weighted by Gasteiger charge is -2.23. The maximum absolute atomic E-state index is 13.0. The number of carbonyl (C=O) groups is 2. The summed E-state index contributed by atoms with van der Waals surface area (Å²) in [6.45, 7) is 0.474. The van der Waals surface area contributed by atoms with Crippen molar-refractivity contribution in [3.63, 3.8) is 0 Å². The fourth-order valence-electron chi connectivity index (χ4n) is 3.79. The molecule has 2 aromatic rings. The third-order valence-electron chi connectivity index (χ3n) is 5.54. The smallest absolute Gasteiger partial charge is 0.273 e. The Kier molecular flexibility index (Phi) is 5.46. The van der Waals surface area contributed by atoms with Crippen LogP contribution >= 0.6 is 0 Å². The van der Waals surface area contributed by atoms with E-state index in [2.05, 4.69) is 26.4 Å². The van der Waals surface area contributed by atoms with Gasteiger partial charge in [-0.2, -0.15) is 10.2 Å². The van der Waals surface area contributed by atoms with Crippen molar-refractivity contribution >= 4 is 22.7 Å². The number of aliphatic hydroxyl groups is 1. The second kappa shape index (κ2) is 8.20. The van der Waals surface area contributed by atoms with Crippen LogP contribution in [0.2, 0.25) is 0 Å². The van der Waals surface area contributed by atoms with Gasteiger partial charge >= 0.3 is 0 Å². The van der Waals surface area contributed by atoms with Crippen molar-refractivity contribution in [3.8, 4) is 12.3 Å². The number of aliphatic hydroxyl groups excluding tert-OH is 1. The first-order valence-corrected chi connectivity index (χ1v) is 10.0. The number of β-amino-alcohol motifs (C(OH)–C–C–N with tert-alkyl or cyclic N) is 1. The number of aromatic nitrogens is 1. The molecular formula is C22H23N5O3. The van der Waals surface area contributed by atoms with Crippen LogP contribution in [-0.4, -0.2) is 57.7 Å². The van der Waals surface area contributed by atoms with Crippen LogP contribution in [0.3, 0.4) is 0 Å². The minimum atomic E-state index is -0.749. The van der Waals surface area contributed by atoms with E-state index in [1.165, 1.54) is 4.90 Å². The maximum atomic E-state index is 13.0. The fraction of sp³-hybridized carbons (Fsp3) is 0.409. The highest BCUT2D eigenvalue weighted by Gasteiger charge is 2.41. The van der Waals surface area contributed by atoms with Crippen LogP contribution in [0.1, 0.15) is 36.2 Å². The third-order valence-corrected chi connectivity index (χ3v) is 5.54. The molecule has 0 radical (unpaired) electrons. The van der Waals surface area contributed by atoms with Gasteiger partial charge in [0.1, 0.15) is 11.7 Å². The Morgan fingerprint density at radius 2 is 2.03 bits per heavy atom. The lowest BCUT2D eigenvalue weighted by atomic mass is 10.0. The first-order chi connectivity index (χ1) is 14.5. The summed E-state index contributed by atoms with van der Waals surface area (Å²) in [5.41, 5.74) is 0.488. The fourth-order valence-corrected chi connectivity index (χ4v) is 3.79. The Hall–Kier alpha value is -3.31. The van der Waals surface area contributed by atoms with Gasteiger partial charge in [0, 0.05) is 44.2 Å². The summed E-state index contributed by atoms with van der Waals surface area (Å²) in [7, 11) is 0. The van der Waals surface area contributed by atoms with Crippen LogP contribution < -0.4 is 5.32 Å². The van der Waals surface area contributed by atoms with Crippen LogP contribution in [0, 0.1) is 12.3 Å². The molecule has 8 nitrogen and oxygen atoms in total. The molecule has 8 heteroatoms. The minimum absolute atomic E-state index is 0.0994. The zero-order chi connectivity index (χ0) is 21.1. The number of likely N-dealkylation sites (tertiary alicyclic amines) is 1. The van der Waals surface area contributed by atoms with Gasteiger partial charge in [-0.3, -0.25) is 9.59 Å². The van der Waals surface area contributed by atoms with E-state index < -0.39 is 17.8 Å². The second-order valence-electron chi connectivity index (χ2n) is 7.68. The molecule has 4 rings (SSSR count). The summed E-state index contributed by atoms with van der Waals surface area (Å²) in [5.74, 6) is 1.91. The number of hydrogen-bond donors (Lipinski definition) is 2. The number of rotatable bonds is 7. The average Bonchev–Trinajstić information content (AvgIpc) is 3.42. The molecule has 0 bridgehead atoms. The van der Waals surface area contributed by atoms with E-state index in [1.54, 1.807) is 6.07 Å².